The zero-order valence-corrected chi connectivity index (χ0v) is 15.4. The van der Waals surface area contributed by atoms with Crippen LogP contribution in [0.2, 0.25) is 0 Å². The van der Waals surface area contributed by atoms with Crippen molar-refractivity contribution < 1.29 is 36.1 Å². The van der Waals surface area contributed by atoms with Gasteiger partial charge in [-0.15, -0.1) is 0 Å². The molecule has 2 aliphatic heterocycles. The van der Waals surface area contributed by atoms with Gasteiger partial charge in [0, 0.05) is 25.7 Å². The number of esters is 1. The molecule has 2 aliphatic rings. The van der Waals surface area contributed by atoms with Crippen molar-refractivity contribution in [1.29, 1.82) is 0 Å². The number of hydrogen-bond acceptors (Lipinski definition) is 3. The fraction of sp³-hybridized carbons (Fsp3) is 0.611. The van der Waals surface area contributed by atoms with Crippen LogP contribution >= 0.6 is 0 Å². The molecule has 2 saturated heterocycles. The van der Waals surface area contributed by atoms with E-state index in [0.717, 1.165) is 22.9 Å². The summed E-state index contributed by atoms with van der Waals surface area (Å²) in [5, 5.41) is 9.57. The van der Waals surface area contributed by atoms with Crippen LogP contribution < -0.4 is 17.0 Å². The van der Waals surface area contributed by atoms with Gasteiger partial charge in [-0.2, -0.15) is 0 Å². The van der Waals surface area contributed by atoms with E-state index < -0.39 is 5.92 Å². The van der Waals surface area contributed by atoms with E-state index in [4.69, 9.17) is 4.74 Å². The maximum Gasteiger partial charge on any atom is 0.316 e. The van der Waals surface area contributed by atoms with E-state index >= 15 is 0 Å². The lowest BCUT2D eigenvalue weighted by Gasteiger charge is -2.44. The fourth-order valence-electron chi connectivity index (χ4n) is 4.17. The number of fused-ring (bicyclic) bond motifs is 2. The molecule has 0 saturated carbocycles. The van der Waals surface area contributed by atoms with Gasteiger partial charge in [-0.25, -0.2) is 0 Å². The summed E-state index contributed by atoms with van der Waals surface area (Å²) in [6, 6.07) is 10.6. The number of rotatable bonds is 4. The maximum atomic E-state index is 12.5. The van der Waals surface area contributed by atoms with Crippen LogP contribution in [0.5, 0.6) is 0 Å². The van der Waals surface area contributed by atoms with Crippen LogP contribution in [0.4, 0.5) is 0 Å². The number of halogens is 1. The molecule has 2 bridgehead atoms. The molecule has 1 N–H and O–H groups in total. The van der Waals surface area contributed by atoms with Gasteiger partial charge in [0.15, 0.2) is 0 Å². The molecular formula is C18H26BrNO3. The number of aliphatic hydroxyl groups is 1. The van der Waals surface area contributed by atoms with Gasteiger partial charge in [0.1, 0.15) is 12.0 Å². The van der Waals surface area contributed by atoms with Gasteiger partial charge in [0.2, 0.25) is 0 Å². The molecule has 128 valence electrons. The van der Waals surface area contributed by atoms with Crippen molar-refractivity contribution in [3.05, 3.63) is 35.9 Å². The molecule has 2 heterocycles. The van der Waals surface area contributed by atoms with E-state index in [9.17, 15) is 9.90 Å². The molecule has 4 atom stereocenters. The van der Waals surface area contributed by atoms with Gasteiger partial charge in [-0.1, -0.05) is 30.3 Å². The molecule has 23 heavy (non-hydrogen) atoms. The van der Waals surface area contributed by atoms with Crippen LogP contribution in [-0.4, -0.2) is 54.4 Å². The van der Waals surface area contributed by atoms with Crippen molar-refractivity contribution in [2.75, 3.05) is 20.7 Å². The van der Waals surface area contributed by atoms with Gasteiger partial charge in [0.05, 0.1) is 32.8 Å². The summed E-state index contributed by atoms with van der Waals surface area (Å²) >= 11 is 0. The summed E-state index contributed by atoms with van der Waals surface area (Å²) in [7, 11) is 4.59. The van der Waals surface area contributed by atoms with Crippen LogP contribution in [0, 0.1) is 0 Å². The van der Waals surface area contributed by atoms with Crippen LogP contribution in [0.3, 0.4) is 0 Å². The number of quaternary nitrogens is 1. The standard InChI is InChI=1S/C18H26NO3.BrH/c1-19(2)14-8-9-15(19)11-16(10-14)22-18(21)17(12-20)13-6-4-3-5-7-13;/h3-7,14-17,20H,8-12H2,1-2H3;1H/q+1;/p-1/t14-,15?,16?,17+;/m0./s1. The first-order valence-electron chi connectivity index (χ1n) is 8.22. The van der Waals surface area contributed by atoms with Crippen molar-refractivity contribution in [2.45, 2.75) is 49.8 Å². The van der Waals surface area contributed by atoms with Gasteiger partial charge in [0.25, 0.3) is 0 Å². The Morgan fingerprint density at radius 3 is 2.30 bits per heavy atom. The second-order valence-electron chi connectivity index (χ2n) is 7.19. The minimum absolute atomic E-state index is 0. The largest absolute Gasteiger partial charge is 1.00 e. The number of aliphatic hydroxyl groups excluding tert-OH is 1. The molecule has 0 spiro atoms. The van der Waals surface area contributed by atoms with Crippen molar-refractivity contribution in [2.24, 2.45) is 0 Å². The Balaban J connectivity index is 0.00000192. The van der Waals surface area contributed by atoms with Crippen LogP contribution in [-0.2, 0) is 9.53 Å². The van der Waals surface area contributed by atoms with Crippen LogP contribution in [0.15, 0.2) is 30.3 Å². The Hall–Kier alpha value is -0.910. The Morgan fingerprint density at radius 1 is 1.22 bits per heavy atom. The molecule has 3 rings (SSSR count). The monoisotopic (exact) mass is 383 g/mol. The molecule has 2 fully saturated rings. The zero-order chi connectivity index (χ0) is 15.7. The van der Waals surface area contributed by atoms with Gasteiger partial charge in [-0.05, 0) is 5.56 Å². The van der Waals surface area contributed by atoms with Crippen molar-refractivity contribution in [1.82, 2.24) is 0 Å². The summed E-state index contributed by atoms with van der Waals surface area (Å²) in [4.78, 5) is 12.5. The lowest BCUT2D eigenvalue weighted by atomic mass is 9.96. The zero-order valence-electron chi connectivity index (χ0n) is 13.8. The molecule has 2 unspecified atom stereocenters. The second-order valence-corrected chi connectivity index (χ2v) is 7.19. The predicted molar refractivity (Wildman–Crippen MR) is 84.3 cm³/mol. The van der Waals surface area contributed by atoms with E-state index in [1.54, 1.807) is 0 Å². The van der Waals surface area contributed by atoms with Crippen molar-refractivity contribution in [3.8, 4) is 0 Å². The Bertz CT molecular complexity index is 518. The first-order chi connectivity index (χ1) is 10.5. The lowest BCUT2D eigenvalue weighted by molar-refractivity contribution is -0.931. The minimum atomic E-state index is -0.566. The number of benzene rings is 1. The highest BCUT2D eigenvalue weighted by molar-refractivity contribution is 5.78. The quantitative estimate of drug-likeness (QED) is 0.540. The van der Waals surface area contributed by atoms with Crippen LogP contribution in [0.25, 0.3) is 0 Å². The smallest absolute Gasteiger partial charge is 0.316 e. The number of piperidine rings is 1. The second kappa shape index (κ2) is 7.32. The molecule has 0 amide bonds. The number of carbonyl (C=O) groups is 1. The highest BCUT2D eigenvalue weighted by Gasteiger charge is 2.50. The van der Waals surface area contributed by atoms with Crippen molar-refractivity contribution in [3.63, 3.8) is 0 Å². The summed E-state index contributed by atoms with van der Waals surface area (Å²) in [6.07, 6.45) is 4.36. The topological polar surface area (TPSA) is 46.5 Å². The highest BCUT2D eigenvalue weighted by atomic mass is 79.9. The molecule has 0 radical (unpaired) electrons. The molecule has 1 aromatic rings. The fourth-order valence-corrected chi connectivity index (χ4v) is 4.17. The number of ether oxygens (including phenoxy) is 1. The van der Waals surface area contributed by atoms with E-state index in [1.165, 1.54) is 12.8 Å². The molecular weight excluding hydrogens is 358 g/mol. The first-order valence-corrected chi connectivity index (χ1v) is 8.22. The Kier molecular flexibility index (Phi) is 5.87. The molecule has 5 heteroatoms. The summed E-state index contributed by atoms with van der Waals surface area (Å²) in [6.45, 7) is -0.204. The third-order valence-corrected chi connectivity index (χ3v) is 5.74. The van der Waals surface area contributed by atoms with E-state index in [2.05, 4.69) is 14.1 Å². The average molecular weight is 384 g/mol. The summed E-state index contributed by atoms with van der Waals surface area (Å²) in [5.41, 5.74) is 0.824. The molecule has 1 aromatic carbocycles. The molecule has 0 aromatic heterocycles. The average Bonchev–Trinajstić information content (AvgIpc) is 2.68. The molecule has 0 aliphatic carbocycles. The number of nitrogens with zero attached hydrogens (tertiary/aromatic N) is 1. The lowest BCUT2D eigenvalue weighted by Crippen LogP contribution is -3.00. The number of hydrogen-bond donors (Lipinski definition) is 1. The highest BCUT2D eigenvalue weighted by Crippen LogP contribution is 2.40. The molecule has 4 nitrogen and oxygen atoms in total. The Labute approximate surface area is 148 Å². The van der Waals surface area contributed by atoms with Crippen molar-refractivity contribution >= 4 is 5.97 Å². The van der Waals surface area contributed by atoms with E-state index in [-0.39, 0.29) is 35.7 Å². The summed E-state index contributed by atoms with van der Waals surface area (Å²) < 4.78 is 6.83. The minimum Gasteiger partial charge on any atom is -1.00 e. The first kappa shape index (κ1) is 18.4. The van der Waals surface area contributed by atoms with Crippen LogP contribution in [0.1, 0.15) is 37.2 Å². The predicted octanol–water partition coefficient (Wildman–Crippen LogP) is -0.920. The SMILES string of the molecule is C[N+]1(C)C2CC[C@H]1CC(OC(=O)[C@H](CO)c1ccccc1)C2.[Br-]. The third kappa shape index (κ3) is 3.62. The van der Waals surface area contributed by atoms with Gasteiger partial charge < -0.3 is 31.3 Å². The Morgan fingerprint density at radius 2 is 1.78 bits per heavy atom. The van der Waals surface area contributed by atoms with Gasteiger partial charge in [-0.3, -0.25) is 4.79 Å². The van der Waals surface area contributed by atoms with Gasteiger partial charge >= 0.3 is 5.97 Å². The number of carbonyl (C=O) groups excluding carboxylic acids is 1. The maximum absolute atomic E-state index is 12.5. The third-order valence-electron chi connectivity index (χ3n) is 5.74. The van der Waals surface area contributed by atoms with E-state index in [1.807, 2.05) is 30.3 Å². The van der Waals surface area contributed by atoms with E-state index in [0.29, 0.717) is 12.1 Å². The normalized spacial score (nSPS) is 29.4. The summed E-state index contributed by atoms with van der Waals surface area (Å²) in [5.74, 6) is -0.853.